The fourth-order valence-corrected chi connectivity index (χ4v) is 4.40. The second kappa shape index (κ2) is 6.19. The Bertz CT molecular complexity index is 416. The minimum absolute atomic E-state index is 0.0727. The normalized spacial score (nSPS) is 27.6. The van der Waals surface area contributed by atoms with E-state index in [1.807, 2.05) is 11.9 Å². The van der Waals surface area contributed by atoms with Crippen molar-refractivity contribution in [2.75, 3.05) is 52.1 Å². The van der Waals surface area contributed by atoms with Crippen LogP contribution in [0.2, 0.25) is 0 Å². The SMILES string of the molecule is CN1CCN(C(=O)CNCC2CCCS2(=O)=O)CC1. The molecule has 0 aromatic carbocycles. The maximum absolute atomic E-state index is 11.9. The zero-order valence-corrected chi connectivity index (χ0v) is 12.3. The number of likely N-dealkylation sites (N-methyl/N-ethyl adjacent to an activating group) is 1. The Morgan fingerprint density at radius 2 is 1.95 bits per heavy atom. The standard InChI is InChI=1S/C12H23N3O3S/c1-14-4-6-15(7-5-14)12(16)10-13-9-11-3-2-8-19(11,17)18/h11,13H,2-10H2,1H3. The first-order valence-corrected chi connectivity index (χ1v) is 8.59. The fourth-order valence-electron chi connectivity index (χ4n) is 2.60. The lowest BCUT2D eigenvalue weighted by atomic mass is 10.2. The highest BCUT2D eigenvalue weighted by molar-refractivity contribution is 7.92. The summed E-state index contributed by atoms with van der Waals surface area (Å²) in [6, 6.07) is 0. The van der Waals surface area contributed by atoms with Gasteiger partial charge in [0.25, 0.3) is 0 Å². The van der Waals surface area contributed by atoms with E-state index in [-0.39, 0.29) is 17.7 Å². The van der Waals surface area contributed by atoms with Crippen molar-refractivity contribution < 1.29 is 13.2 Å². The Kier molecular flexibility index (Phi) is 4.81. The Morgan fingerprint density at radius 3 is 2.53 bits per heavy atom. The molecule has 0 aromatic heterocycles. The van der Waals surface area contributed by atoms with Crippen LogP contribution in [0.3, 0.4) is 0 Å². The van der Waals surface area contributed by atoms with E-state index >= 15 is 0 Å². The second-order valence-electron chi connectivity index (χ2n) is 5.45. The van der Waals surface area contributed by atoms with Crippen LogP contribution < -0.4 is 5.32 Å². The number of amides is 1. The molecule has 1 atom stereocenters. The predicted molar refractivity (Wildman–Crippen MR) is 73.8 cm³/mol. The molecule has 2 aliphatic rings. The van der Waals surface area contributed by atoms with Gasteiger partial charge in [0, 0.05) is 32.7 Å². The van der Waals surface area contributed by atoms with Crippen molar-refractivity contribution >= 4 is 15.7 Å². The topological polar surface area (TPSA) is 69.7 Å². The third-order valence-electron chi connectivity index (χ3n) is 3.97. The van der Waals surface area contributed by atoms with E-state index in [2.05, 4.69) is 10.2 Å². The third-order valence-corrected chi connectivity index (χ3v) is 6.24. The van der Waals surface area contributed by atoms with Crippen molar-refractivity contribution in [3.63, 3.8) is 0 Å². The van der Waals surface area contributed by atoms with Crippen molar-refractivity contribution in [1.82, 2.24) is 15.1 Å². The summed E-state index contributed by atoms with van der Waals surface area (Å²) < 4.78 is 23.3. The summed E-state index contributed by atoms with van der Waals surface area (Å²) in [4.78, 5) is 16.0. The average Bonchev–Trinajstić information content (AvgIpc) is 2.69. The van der Waals surface area contributed by atoms with Gasteiger partial charge in [0.15, 0.2) is 9.84 Å². The molecule has 1 N–H and O–H groups in total. The first-order chi connectivity index (χ1) is 8.99. The number of hydrogen-bond acceptors (Lipinski definition) is 5. The van der Waals surface area contributed by atoms with Crippen molar-refractivity contribution in [1.29, 1.82) is 0 Å². The van der Waals surface area contributed by atoms with Gasteiger partial charge in [0.2, 0.25) is 5.91 Å². The molecule has 0 saturated carbocycles. The molecule has 2 saturated heterocycles. The van der Waals surface area contributed by atoms with Gasteiger partial charge in [-0.15, -0.1) is 0 Å². The molecule has 2 fully saturated rings. The number of nitrogens with zero attached hydrogens (tertiary/aromatic N) is 2. The van der Waals surface area contributed by atoms with E-state index in [9.17, 15) is 13.2 Å². The van der Waals surface area contributed by atoms with Crippen LogP contribution in [-0.4, -0.2) is 81.4 Å². The van der Waals surface area contributed by atoms with Crippen molar-refractivity contribution in [2.45, 2.75) is 18.1 Å². The van der Waals surface area contributed by atoms with Gasteiger partial charge in [-0.2, -0.15) is 0 Å². The molecule has 0 aromatic rings. The van der Waals surface area contributed by atoms with Gasteiger partial charge in [-0.05, 0) is 19.9 Å². The molecule has 19 heavy (non-hydrogen) atoms. The molecule has 1 unspecified atom stereocenters. The summed E-state index contributed by atoms with van der Waals surface area (Å²) in [7, 11) is -0.865. The van der Waals surface area contributed by atoms with Crippen molar-refractivity contribution in [2.24, 2.45) is 0 Å². The fraction of sp³-hybridized carbons (Fsp3) is 0.917. The highest BCUT2D eigenvalue weighted by atomic mass is 32.2. The predicted octanol–water partition coefficient (Wildman–Crippen LogP) is -1.07. The summed E-state index contributed by atoms with van der Waals surface area (Å²) in [5.41, 5.74) is 0. The lowest BCUT2D eigenvalue weighted by molar-refractivity contribution is -0.131. The number of piperazine rings is 1. The average molecular weight is 289 g/mol. The zero-order chi connectivity index (χ0) is 13.9. The molecule has 1 amide bonds. The summed E-state index contributed by atoms with van der Waals surface area (Å²) in [6.45, 7) is 3.99. The minimum atomic E-state index is -2.91. The van der Waals surface area contributed by atoms with Crippen molar-refractivity contribution in [3.05, 3.63) is 0 Å². The van der Waals surface area contributed by atoms with Crippen LogP contribution in [0.25, 0.3) is 0 Å². The van der Waals surface area contributed by atoms with E-state index in [0.717, 1.165) is 39.0 Å². The van der Waals surface area contributed by atoms with Gasteiger partial charge < -0.3 is 15.1 Å². The van der Waals surface area contributed by atoms with E-state index in [4.69, 9.17) is 0 Å². The van der Waals surface area contributed by atoms with Crippen molar-refractivity contribution in [3.8, 4) is 0 Å². The molecule has 2 heterocycles. The molecule has 7 heteroatoms. The van der Waals surface area contributed by atoms with Gasteiger partial charge in [0.05, 0.1) is 17.5 Å². The maximum atomic E-state index is 11.9. The third kappa shape index (κ3) is 3.90. The monoisotopic (exact) mass is 289 g/mol. The number of nitrogens with one attached hydrogen (secondary N) is 1. The Balaban J connectivity index is 1.69. The van der Waals surface area contributed by atoms with E-state index in [0.29, 0.717) is 12.3 Å². The molecular formula is C12H23N3O3S. The van der Waals surface area contributed by atoms with Gasteiger partial charge in [-0.3, -0.25) is 4.79 Å². The molecule has 110 valence electrons. The number of carbonyl (C=O) groups excluding carboxylic acids is 1. The Labute approximate surface area is 115 Å². The number of hydrogen-bond donors (Lipinski definition) is 1. The van der Waals surface area contributed by atoms with E-state index in [1.54, 1.807) is 0 Å². The quantitative estimate of drug-likeness (QED) is 0.713. The number of rotatable bonds is 4. The lowest BCUT2D eigenvalue weighted by Gasteiger charge is -2.32. The van der Waals surface area contributed by atoms with Crippen LogP contribution in [0.1, 0.15) is 12.8 Å². The first-order valence-electron chi connectivity index (χ1n) is 6.87. The summed E-state index contributed by atoms with van der Waals surface area (Å²) in [5, 5.41) is 2.71. The van der Waals surface area contributed by atoms with Crippen LogP contribution in [0, 0.1) is 0 Å². The van der Waals surface area contributed by atoms with E-state index < -0.39 is 9.84 Å². The Morgan fingerprint density at radius 1 is 1.26 bits per heavy atom. The molecule has 0 spiro atoms. The maximum Gasteiger partial charge on any atom is 0.236 e. The molecule has 2 aliphatic heterocycles. The second-order valence-corrected chi connectivity index (χ2v) is 7.85. The van der Waals surface area contributed by atoms with Gasteiger partial charge in [-0.1, -0.05) is 0 Å². The van der Waals surface area contributed by atoms with Crippen LogP contribution in [0.5, 0.6) is 0 Å². The minimum Gasteiger partial charge on any atom is -0.339 e. The Hall–Kier alpha value is -0.660. The highest BCUT2D eigenvalue weighted by Gasteiger charge is 2.31. The molecular weight excluding hydrogens is 266 g/mol. The van der Waals surface area contributed by atoms with Crippen LogP contribution in [0.4, 0.5) is 0 Å². The van der Waals surface area contributed by atoms with Gasteiger partial charge in [-0.25, -0.2) is 8.42 Å². The number of carbonyl (C=O) groups is 1. The molecule has 0 bridgehead atoms. The van der Waals surface area contributed by atoms with E-state index in [1.165, 1.54) is 0 Å². The lowest BCUT2D eigenvalue weighted by Crippen LogP contribution is -2.50. The first kappa shape index (κ1) is 14.7. The highest BCUT2D eigenvalue weighted by Crippen LogP contribution is 2.18. The summed E-state index contributed by atoms with van der Waals surface area (Å²) >= 11 is 0. The van der Waals surface area contributed by atoms with Gasteiger partial charge in [0.1, 0.15) is 0 Å². The number of sulfone groups is 1. The molecule has 0 aliphatic carbocycles. The summed E-state index contributed by atoms with van der Waals surface area (Å²) in [5.74, 6) is 0.370. The van der Waals surface area contributed by atoms with Crippen LogP contribution in [-0.2, 0) is 14.6 Å². The van der Waals surface area contributed by atoms with Gasteiger partial charge >= 0.3 is 0 Å². The zero-order valence-electron chi connectivity index (χ0n) is 11.5. The molecule has 2 rings (SSSR count). The van der Waals surface area contributed by atoms with Crippen LogP contribution in [0.15, 0.2) is 0 Å². The summed E-state index contributed by atoms with van der Waals surface area (Å²) in [6.07, 6.45) is 1.47. The molecule has 0 radical (unpaired) electrons. The largest absolute Gasteiger partial charge is 0.339 e. The van der Waals surface area contributed by atoms with Crippen LogP contribution >= 0.6 is 0 Å². The molecule has 6 nitrogen and oxygen atoms in total. The smallest absolute Gasteiger partial charge is 0.236 e.